The minimum Gasteiger partial charge on any atom is -0.354 e. The molecule has 4 heterocycles. The average molecular weight is 547 g/mol. The number of piperazine rings is 1. The summed E-state index contributed by atoms with van der Waals surface area (Å²) < 4.78 is 1.90. The molecule has 0 radical (unpaired) electrons. The molecule has 2 aromatic carbocycles. The van der Waals surface area contributed by atoms with Gasteiger partial charge in [-0.2, -0.15) is 5.26 Å². The molecule has 0 unspecified atom stereocenters. The lowest BCUT2D eigenvalue weighted by molar-refractivity contribution is -0.119. The van der Waals surface area contributed by atoms with Crippen LogP contribution in [0.25, 0.3) is 16.9 Å². The van der Waals surface area contributed by atoms with E-state index >= 15 is 0 Å². The van der Waals surface area contributed by atoms with E-state index in [0.29, 0.717) is 34.6 Å². The maximum atomic E-state index is 13.3. The zero-order valence-electron chi connectivity index (χ0n) is 23.0. The zero-order valence-corrected chi connectivity index (χ0v) is 23.0. The van der Waals surface area contributed by atoms with Crippen molar-refractivity contribution in [1.29, 1.82) is 5.26 Å². The Kier molecular flexibility index (Phi) is 6.97. The van der Waals surface area contributed by atoms with Gasteiger partial charge in [0.25, 0.3) is 5.91 Å². The fourth-order valence-electron chi connectivity index (χ4n) is 5.20. The first-order valence-corrected chi connectivity index (χ1v) is 13.5. The van der Waals surface area contributed by atoms with Crippen LogP contribution in [0, 0.1) is 11.3 Å². The fourth-order valence-corrected chi connectivity index (χ4v) is 5.20. The number of nitrogens with one attached hydrogen (secondary N) is 2. The number of imidazole rings is 1. The average Bonchev–Trinajstić information content (AvgIpc) is 3.59. The molecule has 6 rings (SSSR count). The highest BCUT2D eigenvalue weighted by molar-refractivity contribution is 6.37. The summed E-state index contributed by atoms with van der Waals surface area (Å²) in [6, 6.07) is 18.7. The molecule has 2 aliphatic rings. The zero-order chi connectivity index (χ0) is 28.5. The molecular weight excluding hydrogens is 516 g/mol. The van der Waals surface area contributed by atoms with Crippen LogP contribution >= 0.6 is 0 Å². The standard InChI is InChI=1S/C31H30N8O2/c1-36-13-15-38(16-14-36)20-28(40)37(2)24-6-4-23(5-7-24)34-30(22-9-11-39-12-10-33-27(39)18-22)29-25-8-3-21(19-32)17-26(25)35-31(29)41/h3-12,17-18,34H,13-16,20H2,1-2H3,(H,35,41)/b30-29-. The summed E-state index contributed by atoms with van der Waals surface area (Å²) in [5.41, 5.74) is 5.95. The van der Waals surface area contributed by atoms with Gasteiger partial charge >= 0.3 is 0 Å². The maximum Gasteiger partial charge on any atom is 0.258 e. The predicted octanol–water partition coefficient (Wildman–Crippen LogP) is 3.35. The highest BCUT2D eigenvalue weighted by Gasteiger charge is 2.29. The van der Waals surface area contributed by atoms with Gasteiger partial charge in [0.15, 0.2) is 0 Å². The molecule has 0 aliphatic carbocycles. The van der Waals surface area contributed by atoms with Crippen LogP contribution in [0.3, 0.4) is 0 Å². The minimum absolute atomic E-state index is 0.0436. The second kappa shape index (κ2) is 10.9. The SMILES string of the molecule is CN1CCN(CC(=O)N(C)c2ccc(N/C(=C3\C(=O)Nc4cc(C#N)ccc43)c3ccn4ccnc4c3)cc2)CC1. The van der Waals surface area contributed by atoms with Crippen molar-refractivity contribution in [3.63, 3.8) is 0 Å². The number of carbonyl (C=O) groups is 2. The van der Waals surface area contributed by atoms with Gasteiger partial charge in [0, 0.05) is 74.3 Å². The van der Waals surface area contributed by atoms with Gasteiger partial charge in [-0.15, -0.1) is 0 Å². The van der Waals surface area contributed by atoms with Crippen molar-refractivity contribution >= 4 is 45.8 Å². The highest BCUT2D eigenvalue weighted by atomic mass is 16.2. The van der Waals surface area contributed by atoms with E-state index in [4.69, 9.17) is 0 Å². The van der Waals surface area contributed by atoms with Crippen molar-refractivity contribution in [2.24, 2.45) is 0 Å². The van der Waals surface area contributed by atoms with Crippen LogP contribution in [0.5, 0.6) is 0 Å². The Bertz CT molecular complexity index is 1710. The number of nitrogens with zero attached hydrogens (tertiary/aromatic N) is 6. The summed E-state index contributed by atoms with van der Waals surface area (Å²) in [7, 11) is 3.89. The van der Waals surface area contributed by atoms with Crippen molar-refractivity contribution in [2.75, 3.05) is 62.4 Å². The van der Waals surface area contributed by atoms with Crippen LogP contribution in [0.1, 0.15) is 16.7 Å². The lowest BCUT2D eigenvalue weighted by Gasteiger charge is -2.32. The van der Waals surface area contributed by atoms with Crippen molar-refractivity contribution in [3.8, 4) is 6.07 Å². The molecule has 2 amide bonds. The number of anilines is 3. The Morgan fingerprint density at radius 3 is 2.61 bits per heavy atom. The van der Waals surface area contributed by atoms with E-state index in [-0.39, 0.29) is 11.8 Å². The second-order valence-electron chi connectivity index (χ2n) is 10.4. The van der Waals surface area contributed by atoms with Crippen LogP contribution in [0.4, 0.5) is 17.1 Å². The van der Waals surface area contributed by atoms with E-state index < -0.39 is 0 Å². The molecule has 0 atom stereocenters. The summed E-state index contributed by atoms with van der Waals surface area (Å²) in [6.07, 6.45) is 5.48. The number of amides is 2. The number of pyridine rings is 1. The summed E-state index contributed by atoms with van der Waals surface area (Å²) in [5.74, 6) is -0.214. The summed E-state index contributed by atoms with van der Waals surface area (Å²) in [4.78, 5) is 36.8. The Hall–Kier alpha value is -4.98. The fraction of sp³-hybridized carbons (Fsp3) is 0.226. The van der Waals surface area contributed by atoms with Gasteiger partial charge in [-0.05, 0) is 55.6 Å². The Morgan fingerprint density at radius 2 is 1.85 bits per heavy atom. The van der Waals surface area contributed by atoms with Crippen LogP contribution in [-0.2, 0) is 9.59 Å². The van der Waals surface area contributed by atoms with Crippen molar-refractivity contribution in [2.45, 2.75) is 0 Å². The number of carbonyl (C=O) groups excluding carboxylic acids is 2. The van der Waals surface area contributed by atoms with Crippen LogP contribution in [-0.4, -0.2) is 77.8 Å². The third-order valence-electron chi connectivity index (χ3n) is 7.68. The molecular formula is C31H30N8O2. The highest BCUT2D eigenvalue weighted by Crippen LogP contribution is 2.38. The van der Waals surface area contributed by atoms with E-state index in [0.717, 1.165) is 48.8 Å². The van der Waals surface area contributed by atoms with Gasteiger partial charge in [-0.1, -0.05) is 6.07 Å². The van der Waals surface area contributed by atoms with E-state index in [1.54, 1.807) is 36.3 Å². The monoisotopic (exact) mass is 546 g/mol. The number of nitriles is 1. The van der Waals surface area contributed by atoms with Crippen molar-refractivity contribution in [1.82, 2.24) is 19.2 Å². The number of fused-ring (bicyclic) bond motifs is 2. The normalized spacial score (nSPS) is 16.7. The number of aromatic nitrogens is 2. The molecule has 10 nitrogen and oxygen atoms in total. The number of benzene rings is 2. The van der Waals surface area contributed by atoms with Gasteiger partial charge in [0.1, 0.15) is 5.65 Å². The molecule has 2 aromatic heterocycles. The van der Waals surface area contributed by atoms with Gasteiger partial charge in [-0.3, -0.25) is 14.5 Å². The van der Waals surface area contributed by atoms with Crippen LogP contribution in [0.2, 0.25) is 0 Å². The molecule has 2 N–H and O–H groups in total. The molecule has 0 bridgehead atoms. The quantitative estimate of drug-likeness (QED) is 0.357. The first kappa shape index (κ1) is 26.3. The number of likely N-dealkylation sites (N-methyl/N-ethyl adjacent to an activating group) is 2. The largest absolute Gasteiger partial charge is 0.354 e. The topological polar surface area (TPSA) is 109 Å². The second-order valence-corrected chi connectivity index (χ2v) is 10.4. The number of hydrogen-bond donors (Lipinski definition) is 2. The van der Waals surface area contributed by atoms with Gasteiger partial charge in [-0.25, -0.2) is 4.98 Å². The number of rotatable bonds is 6. The molecule has 206 valence electrons. The summed E-state index contributed by atoms with van der Waals surface area (Å²) in [6.45, 7) is 4.08. The lowest BCUT2D eigenvalue weighted by atomic mass is 9.99. The van der Waals surface area contributed by atoms with Crippen LogP contribution in [0.15, 0.2) is 73.2 Å². The van der Waals surface area contributed by atoms with E-state index in [1.807, 2.05) is 53.2 Å². The summed E-state index contributed by atoms with van der Waals surface area (Å²) in [5, 5.41) is 15.7. The Balaban J connectivity index is 1.30. The molecule has 4 aromatic rings. The molecule has 0 saturated carbocycles. The summed E-state index contributed by atoms with van der Waals surface area (Å²) >= 11 is 0. The first-order chi connectivity index (χ1) is 19.9. The molecule has 1 fully saturated rings. The maximum absolute atomic E-state index is 13.3. The van der Waals surface area contributed by atoms with Crippen molar-refractivity contribution in [3.05, 3.63) is 89.9 Å². The molecule has 41 heavy (non-hydrogen) atoms. The van der Waals surface area contributed by atoms with Crippen molar-refractivity contribution < 1.29 is 9.59 Å². The molecule has 1 saturated heterocycles. The first-order valence-electron chi connectivity index (χ1n) is 13.5. The Labute approximate surface area is 238 Å². The van der Waals surface area contributed by atoms with E-state index in [9.17, 15) is 14.9 Å². The third kappa shape index (κ3) is 5.28. The van der Waals surface area contributed by atoms with E-state index in [1.165, 1.54) is 0 Å². The van der Waals surface area contributed by atoms with E-state index in [2.05, 4.69) is 38.5 Å². The van der Waals surface area contributed by atoms with Gasteiger partial charge in [0.05, 0.1) is 35.1 Å². The smallest absolute Gasteiger partial charge is 0.258 e. The number of hydrogen-bond acceptors (Lipinski definition) is 7. The molecule has 2 aliphatic heterocycles. The molecule has 10 heteroatoms. The minimum atomic E-state index is -0.258. The lowest BCUT2D eigenvalue weighted by Crippen LogP contribution is -2.48. The van der Waals surface area contributed by atoms with Crippen LogP contribution < -0.4 is 15.5 Å². The molecule has 0 spiro atoms. The Morgan fingerprint density at radius 1 is 1.07 bits per heavy atom. The van der Waals surface area contributed by atoms with Gasteiger partial charge < -0.3 is 24.8 Å². The van der Waals surface area contributed by atoms with Gasteiger partial charge in [0.2, 0.25) is 5.91 Å². The third-order valence-corrected chi connectivity index (χ3v) is 7.68. The predicted molar refractivity (Wildman–Crippen MR) is 159 cm³/mol.